The van der Waals surface area contributed by atoms with E-state index in [4.69, 9.17) is 17.5 Å². The van der Waals surface area contributed by atoms with Gasteiger partial charge in [0.25, 0.3) is 0 Å². The molecular formula is C17H31NS3. The molecule has 0 aliphatic rings. The molecule has 21 heavy (non-hydrogen) atoms. The maximum Gasteiger partial charge on any atom is 0.104 e. The Labute approximate surface area is 146 Å². The molecule has 0 N–H and O–H groups in total. The lowest BCUT2D eigenvalue weighted by atomic mass is 10.1. The van der Waals surface area contributed by atoms with E-state index in [1.165, 1.54) is 64.2 Å². The molecule has 0 bridgehead atoms. The van der Waals surface area contributed by atoms with Crippen molar-refractivity contribution in [3.63, 3.8) is 0 Å². The summed E-state index contributed by atoms with van der Waals surface area (Å²) in [5.74, 6) is 1.14. The molecule has 0 aromatic heterocycles. The van der Waals surface area contributed by atoms with Crippen LogP contribution in [-0.4, -0.2) is 14.5 Å². The third-order valence-electron chi connectivity index (χ3n) is 3.39. The molecule has 0 aromatic rings. The monoisotopic (exact) mass is 345 g/mol. The fraction of sp³-hybridized carbons (Fsp3) is 0.882. The summed E-state index contributed by atoms with van der Waals surface area (Å²) in [4.78, 5) is 0. The van der Waals surface area contributed by atoms with Crippen LogP contribution >= 0.6 is 35.7 Å². The Bertz CT molecular complexity index is 286. The number of hydrogen-bond donors (Lipinski definition) is 0. The predicted molar refractivity (Wildman–Crippen MR) is 104 cm³/mol. The zero-order valence-corrected chi connectivity index (χ0v) is 16.2. The van der Waals surface area contributed by atoms with E-state index in [2.05, 4.69) is 19.9 Å². The van der Waals surface area contributed by atoms with Crippen molar-refractivity contribution in [3.8, 4) is 6.07 Å². The number of nitriles is 1. The lowest BCUT2D eigenvalue weighted by molar-refractivity contribution is 0.563. The molecule has 0 fully saturated rings. The van der Waals surface area contributed by atoms with Crippen LogP contribution in [0.15, 0.2) is 0 Å². The molecule has 1 unspecified atom stereocenters. The molecular weight excluding hydrogens is 314 g/mol. The summed E-state index contributed by atoms with van der Waals surface area (Å²) >= 11 is 8.80. The molecule has 0 saturated heterocycles. The highest BCUT2D eigenvalue weighted by molar-refractivity contribution is 8.47. The normalized spacial score (nSPS) is 12.0. The van der Waals surface area contributed by atoms with E-state index in [1.54, 1.807) is 23.5 Å². The van der Waals surface area contributed by atoms with Crippen molar-refractivity contribution in [2.45, 2.75) is 89.7 Å². The second-order valence-corrected chi connectivity index (χ2v) is 9.31. The topological polar surface area (TPSA) is 23.8 Å². The SMILES string of the molecule is CCCCCCCCCCCCSC(=S)SC(C)CC#N. The first kappa shape index (κ1) is 21.3. The van der Waals surface area contributed by atoms with Gasteiger partial charge in [0.1, 0.15) is 3.53 Å². The maximum absolute atomic E-state index is 8.61. The molecule has 0 spiro atoms. The Morgan fingerprint density at radius 1 is 1.00 bits per heavy atom. The minimum atomic E-state index is 0.336. The fourth-order valence-electron chi connectivity index (χ4n) is 2.11. The van der Waals surface area contributed by atoms with Crippen LogP contribution in [0.5, 0.6) is 0 Å². The largest absolute Gasteiger partial charge is 0.198 e. The molecule has 4 heteroatoms. The maximum atomic E-state index is 8.61. The number of thiocarbonyl (C=S) groups is 1. The standard InChI is InChI=1S/C17H31NS3/c1-3-4-5-6-7-8-9-10-11-12-15-20-17(19)21-16(2)13-14-18/h16H,3-13,15H2,1-2H3. The molecule has 0 rings (SSSR count). The molecule has 0 aromatic carbocycles. The molecule has 0 saturated carbocycles. The number of rotatable bonds is 13. The third kappa shape index (κ3) is 16.5. The zero-order chi connectivity index (χ0) is 15.8. The highest BCUT2D eigenvalue weighted by Gasteiger charge is 2.06. The minimum absolute atomic E-state index is 0.336. The van der Waals surface area contributed by atoms with Gasteiger partial charge < -0.3 is 0 Å². The van der Waals surface area contributed by atoms with Gasteiger partial charge >= 0.3 is 0 Å². The first-order valence-electron chi connectivity index (χ1n) is 8.41. The molecule has 0 aliphatic heterocycles. The van der Waals surface area contributed by atoms with Gasteiger partial charge in [-0.3, -0.25) is 0 Å². The van der Waals surface area contributed by atoms with Crippen LogP contribution in [0.4, 0.5) is 0 Å². The van der Waals surface area contributed by atoms with Crippen LogP contribution in [0.25, 0.3) is 0 Å². The van der Waals surface area contributed by atoms with E-state index in [0.29, 0.717) is 11.7 Å². The minimum Gasteiger partial charge on any atom is -0.198 e. The Kier molecular flexibility index (Phi) is 16.9. The highest BCUT2D eigenvalue weighted by Crippen LogP contribution is 2.24. The average Bonchev–Trinajstić information content (AvgIpc) is 2.45. The summed E-state index contributed by atoms with van der Waals surface area (Å²) in [5, 5.41) is 8.95. The molecule has 1 nitrogen and oxygen atoms in total. The van der Waals surface area contributed by atoms with Crippen LogP contribution in [0.2, 0.25) is 0 Å². The van der Waals surface area contributed by atoms with Crippen LogP contribution < -0.4 is 0 Å². The van der Waals surface area contributed by atoms with Gasteiger partial charge in [-0.1, -0.05) is 83.9 Å². The van der Waals surface area contributed by atoms with Crippen molar-refractivity contribution in [1.82, 2.24) is 0 Å². The number of thioether (sulfide) groups is 2. The van der Waals surface area contributed by atoms with Gasteiger partial charge in [-0.2, -0.15) is 5.26 Å². The molecule has 122 valence electrons. The molecule has 0 heterocycles. The van der Waals surface area contributed by atoms with Crippen molar-refractivity contribution in [2.24, 2.45) is 0 Å². The summed E-state index contributed by atoms with van der Waals surface area (Å²) in [6.45, 7) is 4.34. The summed E-state index contributed by atoms with van der Waals surface area (Å²) in [6.07, 6.45) is 14.4. The van der Waals surface area contributed by atoms with Crippen LogP contribution in [0.1, 0.15) is 84.5 Å². The van der Waals surface area contributed by atoms with E-state index in [1.807, 2.05) is 0 Å². The lowest BCUT2D eigenvalue weighted by Crippen LogP contribution is -1.97. The van der Waals surface area contributed by atoms with Gasteiger partial charge in [-0.15, -0.1) is 23.5 Å². The van der Waals surface area contributed by atoms with Gasteiger partial charge in [-0.25, -0.2) is 0 Å². The van der Waals surface area contributed by atoms with E-state index >= 15 is 0 Å². The molecule has 1 atom stereocenters. The summed E-state index contributed by atoms with van der Waals surface area (Å²) < 4.78 is 1.01. The Hall–Kier alpha value is 0.280. The van der Waals surface area contributed by atoms with Gasteiger partial charge in [0.05, 0.1) is 6.07 Å². The van der Waals surface area contributed by atoms with Crippen molar-refractivity contribution < 1.29 is 0 Å². The third-order valence-corrected chi connectivity index (χ3v) is 6.17. The lowest BCUT2D eigenvalue weighted by Gasteiger charge is -2.07. The number of hydrogen-bond acceptors (Lipinski definition) is 4. The molecule has 0 amide bonds. The van der Waals surface area contributed by atoms with Crippen molar-refractivity contribution in [2.75, 3.05) is 5.75 Å². The van der Waals surface area contributed by atoms with Crippen LogP contribution in [-0.2, 0) is 0 Å². The molecule has 0 aliphatic carbocycles. The summed E-state index contributed by atoms with van der Waals surface area (Å²) in [5.41, 5.74) is 0. The second-order valence-electron chi connectivity index (χ2n) is 5.57. The van der Waals surface area contributed by atoms with Gasteiger partial charge in [-0.05, 0) is 12.2 Å². The number of nitrogens with zero attached hydrogens (tertiary/aromatic N) is 1. The van der Waals surface area contributed by atoms with Gasteiger partial charge in [0, 0.05) is 11.7 Å². The van der Waals surface area contributed by atoms with E-state index in [-0.39, 0.29) is 0 Å². The summed E-state index contributed by atoms with van der Waals surface area (Å²) in [6, 6.07) is 2.19. The predicted octanol–water partition coefficient (Wildman–Crippen LogP) is 6.96. The fourth-order valence-corrected chi connectivity index (χ4v) is 4.87. The van der Waals surface area contributed by atoms with Crippen molar-refractivity contribution in [3.05, 3.63) is 0 Å². The van der Waals surface area contributed by atoms with E-state index in [0.717, 1.165) is 9.28 Å². The Balaban J connectivity index is 3.21. The highest BCUT2D eigenvalue weighted by atomic mass is 32.2. The van der Waals surface area contributed by atoms with Crippen LogP contribution in [0, 0.1) is 11.3 Å². The average molecular weight is 346 g/mol. The molecule has 0 radical (unpaired) electrons. The first-order chi connectivity index (χ1) is 10.2. The quantitative estimate of drug-likeness (QED) is 0.266. The van der Waals surface area contributed by atoms with Gasteiger partial charge in [0.2, 0.25) is 0 Å². The smallest absolute Gasteiger partial charge is 0.104 e. The second kappa shape index (κ2) is 16.6. The Morgan fingerprint density at radius 3 is 2.05 bits per heavy atom. The van der Waals surface area contributed by atoms with Gasteiger partial charge in [0.15, 0.2) is 0 Å². The number of unbranched alkanes of at least 4 members (excludes halogenated alkanes) is 9. The first-order valence-corrected chi connectivity index (χ1v) is 10.7. The zero-order valence-electron chi connectivity index (χ0n) is 13.7. The van der Waals surface area contributed by atoms with Crippen molar-refractivity contribution >= 4 is 39.3 Å². The van der Waals surface area contributed by atoms with E-state index < -0.39 is 0 Å². The summed E-state index contributed by atoms with van der Waals surface area (Å²) in [7, 11) is 0. The van der Waals surface area contributed by atoms with E-state index in [9.17, 15) is 0 Å². The van der Waals surface area contributed by atoms with Crippen LogP contribution in [0.3, 0.4) is 0 Å². The Morgan fingerprint density at radius 2 is 1.52 bits per heavy atom. The van der Waals surface area contributed by atoms with Crippen molar-refractivity contribution in [1.29, 1.82) is 5.26 Å².